The number of halogens is 1. The van der Waals surface area contributed by atoms with Gasteiger partial charge in [0.15, 0.2) is 5.78 Å². The van der Waals surface area contributed by atoms with Gasteiger partial charge in [-0.25, -0.2) is 0 Å². The number of pyridine rings is 1. The highest BCUT2D eigenvalue weighted by Crippen LogP contribution is 2.16. The van der Waals surface area contributed by atoms with Crippen LogP contribution >= 0.6 is 15.9 Å². The number of nitrogens with zero attached hydrogens (tertiary/aromatic N) is 1. The Morgan fingerprint density at radius 3 is 2.53 bits per heavy atom. The topological polar surface area (TPSA) is 50.2 Å². The van der Waals surface area contributed by atoms with E-state index in [1.54, 1.807) is 12.3 Å². The normalized spacial score (nSPS) is 12.8. The first-order valence-electron chi connectivity index (χ1n) is 5.89. The summed E-state index contributed by atoms with van der Waals surface area (Å²) in [7, 11) is 0. The zero-order chi connectivity index (χ0) is 12.8. The monoisotopic (exact) mass is 299 g/mol. The summed E-state index contributed by atoms with van der Waals surface area (Å²) in [6, 6.07) is 3.64. The summed E-state index contributed by atoms with van der Waals surface area (Å²) in [5.41, 5.74) is 0.697. The van der Waals surface area contributed by atoms with Crippen molar-refractivity contribution >= 4 is 21.7 Å². The maximum absolute atomic E-state index is 11.9. The van der Waals surface area contributed by atoms with Gasteiger partial charge in [-0.1, -0.05) is 26.7 Å². The SMILES string of the molecule is CCC(CC)C(O)C(=O)Cc1ccc(Br)cn1. The standard InChI is InChI=1S/C13H18BrNO2/c1-3-9(4-2)13(17)12(16)7-11-6-5-10(14)8-15-11/h5-6,8-9,13,17H,3-4,7H2,1-2H3. The fourth-order valence-electron chi connectivity index (χ4n) is 1.79. The minimum atomic E-state index is -0.865. The van der Waals surface area contributed by atoms with E-state index in [0.29, 0.717) is 5.69 Å². The molecule has 1 rings (SSSR count). The lowest BCUT2D eigenvalue weighted by Crippen LogP contribution is -2.30. The predicted molar refractivity (Wildman–Crippen MR) is 70.7 cm³/mol. The summed E-state index contributed by atoms with van der Waals surface area (Å²) in [6.45, 7) is 3.98. The molecule has 17 heavy (non-hydrogen) atoms. The number of aromatic nitrogens is 1. The van der Waals surface area contributed by atoms with Gasteiger partial charge >= 0.3 is 0 Å². The van der Waals surface area contributed by atoms with Gasteiger partial charge in [-0.15, -0.1) is 0 Å². The second-order valence-corrected chi connectivity index (χ2v) is 5.05. The van der Waals surface area contributed by atoms with Crippen molar-refractivity contribution in [1.82, 2.24) is 4.98 Å². The molecule has 94 valence electrons. The summed E-state index contributed by atoms with van der Waals surface area (Å²) < 4.78 is 0.884. The smallest absolute Gasteiger partial charge is 0.167 e. The van der Waals surface area contributed by atoms with E-state index in [0.717, 1.165) is 17.3 Å². The average molecular weight is 300 g/mol. The van der Waals surface area contributed by atoms with Crippen LogP contribution in [0.25, 0.3) is 0 Å². The number of carbonyl (C=O) groups is 1. The van der Waals surface area contributed by atoms with E-state index in [9.17, 15) is 9.90 Å². The first kappa shape index (κ1) is 14.3. The van der Waals surface area contributed by atoms with Crippen LogP contribution in [0.2, 0.25) is 0 Å². The number of aliphatic hydroxyl groups excluding tert-OH is 1. The third-order valence-electron chi connectivity index (χ3n) is 2.97. The van der Waals surface area contributed by atoms with Crippen molar-refractivity contribution in [3.8, 4) is 0 Å². The van der Waals surface area contributed by atoms with Crippen LogP contribution in [0.3, 0.4) is 0 Å². The van der Waals surface area contributed by atoms with E-state index < -0.39 is 6.10 Å². The molecule has 3 nitrogen and oxygen atoms in total. The molecule has 0 amide bonds. The van der Waals surface area contributed by atoms with Crippen molar-refractivity contribution in [3.05, 3.63) is 28.5 Å². The first-order chi connectivity index (χ1) is 8.08. The van der Waals surface area contributed by atoms with Crippen molar-refractivity contribution in [1.29, 1.82) is 0 Å². The fraction of sp³-hybridized carbons (Fsp3) is 0.538. The van der Waals surface area contributed by atoms with Gasteiger partial charge in [0.2, 0.25) is 0 Å². The predicted octanol–water partition coefficient (Wildman–Crippen LogP) is 2.75. The number of carbonyl (C=O) groups excluding carboxylic acids is 1. The number of ketones is 1. The van der Waals surface area contributed by atoms with Gasteiger partial charge in [0.25, 0.3) is 0 Å². The summed E-state index contributed by atoms with van der Waals surface area (Å²) in [5, 5.41) is 9.91. The van der Waals surface area contributed by atoms with Gasteiger partial charge in [-0.05, 0) is 34.0 Å². The van der Waals surface area contributed by atoms with Gasteiger partial charge in [0.05, 0.1) is 6.42 Å². The van der Waals surface area contributed by atoms with E-state index >= 15 is 0 Å². The Hall–Kier alpha value is -0.740. The third kappa shape index (κ3) is 4.21. The van der Waals surface area contributed by atoms with Crippen LogP contribution in [0.1, 0.15) is 32.4 Å². The number of rotatable bonds is 6. The molecule has 0 aliphatic rings. The molecule has 4 heteroatoms. The summed E-state index contributed by atoms with van der Waals surface area (Å²) >= 11 is 3.29. The second-order valence-electron chi connectivity index (χ2n) is 4.13. The molecule has 0 spiro atoms. The number of Topliss-reactive ketones (excluding diaryl/α,β-unsaturated/α-hetero) is 1. The molecule has 0 aliphatic heterocycles. The molecular weight excluding hydrogens is 282 g/mol. The highest BCUT2D eigenvalue weighted by atomic mass is 79.9. The Morgan fingerprint density at radius 2 is 2.06 bits per heavy atom. The molecular formula is C13H18BrNO2. The van der Waals surface area contributed by atoms with E-state index in [2.05, 4.69) is 20.9 Å². The van der Waals surface area contributed by atoms with Gasteiger partial charge in [0.1, 0.15) is 6.10 Å². The quantitative estimate of drug-likeness (QED) is 0.879. The molecule has 0 fully saturated rings. The second kappa shape index (κ2) is 6.87. The molecule has 0 aliphatic carbocycles. The van der Waals surface area contributed by atoms with E-state index in [-0.39, 0.29) is 18.1 Å². The Morgan fingerprint density at radius 1 is 1.41 bits per heavy atom. The van der Waals surface area contributed by atoms with Crippen LogP contribution in [-0.4, -0.2) is 22.0 Å². The highest BCUT2D eigenvalue weighted by molar-refractivity contribution is 9.10. The lowest BCUT2D eigenvalue weighted by molar-refractivity contribution is -0.129. The number of hydrogen-bond donors (Lipinski definition) is 1. The Kier molecular flexibility index (Phi) is 5.78. The summed E-state index contributed by atoms with van der Waals surface area (Å²) in [5.74, 6) is -0.0912. The van der Waals surface area contributed by atoms with Crippen LogP contribution in [0.4, 0.5) is 0 Å². The molecule has 0 saturated carbocycles. The third-order valence-corrected chi connectivity index (χ3v) is 3.44. The molecule has 0 saturated heterocycles. The molecule has 0 radical (unpaired) electrons. The molecule has 1 aromatic rings. The maximum atomic E-state index is 11.9. The molecule has 1 N–H and O–H groups in total. The van der Waals surface area contributed by atoms with Crippen molar-refractivity contribution in [2.75, 3.05) is 0 Å². The Bertz CT molecular complexity index is 360. The zero-order valence-electron chi connectivity index (χ0n) is 10.2. The molecule has 0 aromatic carbocycles. The summed E-state index contributed by atoms with van der Waals surface area (Å²) in [6.07, 6.45) is 2.63. The van der Waals surface area contributed by atoms with Crippen LogP contribution in [0.15, 0.2) is 22.8 Å². The van der Waals surface area contributed by atoms with Gasteiger partial charge < -0.3 is 5.11 Å². The maximum Gasteiger partial charge on any atom is 0.167 e. The Labute approximate surface area is 110 Å². The summed E-state index contributed by atoms with van der Waals surface area (Å²) in [4.78, 5) is 16.0. The van der Waals surface area contributed by atoms with Crippen molar-refractivity contribution < 1.29 is 9.90 Å². The van der Waals surface area contributed by atoms with Crippen molar-refractivity contribution in [2.24, 2.45) is 5.92 Å². The van der Waals surface area contributed by atoms with Crippen LogP contribution < -0.4 is 0 Å². The minimum Gasteiger partial charge on any atom is -0.385 e. The van der Waals surface area contributed by atoms with Crippen LogP contribution in [0, 0.1) is 5.92 Å². The number of hydrogen-bond acceptors (Lipinski definition) is 3. The molecule has 0 bridgehead atoms. The lowest BCUT2D eigenvalue weighted by atomic mass is 9.92. The highest BCUT2D eigenvalue weighted by Gasteiger charge is 2.23. The van der Waals surface area contributed by atoms with Gasteiger partial charge in [0, 0.05) is 16.4 Å². The van der Waals surface area contributed by atoms with Crippen molar-refractivity contribution in [3.63, 3.8) is 0 Å². The first-order valence-corrected chi connectivity index (χ1v) is 6.69. The molecule has 1 unspecified atom stereocenters. The largest absolute Gasteiger partial charge is 0.385 e. The Balaban J connectivity index is 2.62. The van der Waals surface area contributed by atoms with Crippen LogP contribution in [0.5, 0.6) is 0 Å². The van der Waals surface area contributed by atoms with Gasteiger partial charge in [-0.2, -0.15) is 0 Å². The molecule has 1 heterocycles. The fourth-order valence-corrected chi connectivity index (χ4v) is 2.03. The zero-order valence-corrected chi connectivity index (χ0v) is 11.8. The van der Waals surface area contributed by atoms with E-state index in [1.165, 1.54) is 0 Å². The molecule has 1 atom stereocenters. The molecule has 1 aromatic heterocycles. The van der Waals surface area contributed by atoms with E-state index in [1.807, 2.05) is 19.9 Å². The number of aliphatic hydroxyl groups is 1. The van der Waals surface area contributed by atoms with Gasteiger partial charge in [-0.3, -0.25) is 9.78 Å². The lowest BCUT2D eigenvalue weighted by Gasteiger charge is -2.18. The minimum absolute atomic E-state index is 0.0537. The average Bonchev–Trinajstić information content (AvgIpc) is 2.33. The van der Waals surface area contributed by atoms with Crippen molar-refractivity contribution in [2.45, 2.75) is 39.2 Å². The van der Waals surface area contributed by atoms with Crippen LogP contribution in [-0.2, 0) is 11.2 Å². The van der Waals surface area contributed by atoms with E-state index in [4.69, 9.17) is 0 Å².